The van der Waals surface area contributed by atoms with Crippen LogP contribution in [0, 0.1) is 11.3 Å². The van der Waals surface area contributed by atoms with Crippen LogP contribution in [0.1, 0.15) is 45.4 Å². The molecule has 1 fully saturated rings. The van der Waals surface area contributed by atoms with Crippen molar-refractivity contribution in [1.29, 1.82) is 5.26 Å². The van der Waals surface area contributed by atoms with Crippen molar-refractivity contribution in [3.63, 3.8) is 0 Å². The van der Waals surface area contributed by atoms with Gasteiger partial charge in [0.1, 0.15) is 0 Å². The second-order valence-corrected chi connectivity index (χ2v) is 4.42. The first-order chi connectivity index (χ1) is 7.70. The molecular formula is C12H21N3O. The molecule has 0 spiro atoms. The van der Waals surface area contributed by atoms with Crippen molar-refractivity contribution in [1.82, 2.24) is 4.90 Å². The van der Waals surface area contributed by atoms with Gasteiger partial charge in [0, 0.05) is 12.6 Å². The molecule has 90 valence electrons. The summed E-state index contributed by atoms with van der Waals surface area (Å²) in [5.74, 6) is 0.0335. The molecule has 1 aliphatic carbocycles. The number of nitriles is 1. The normalized spacial score (nSPS) is 16.6. The van der Waals surface area contributed by atoms with Crippen molar-refractivity contribution >= 4 is 5.91 Å². The zero-order chi connectivity index (χ0) is 12.0. The van der Waals surface area contributed by atoms with Crippen LogP contribution in [0.15, 0.2) is 0 Å². The summed E-state index contributed by atoms with van der Waals surface area (Å²) in [5, 5.41) is 8.56. The largest absolute Gasteiger partial charge is 0.337 e. The van der Waals surface area contributed by atoms with E-state index >= 15 is 0 Å². The lowest BCUT2D eigenvalue weighted by molar-refractivity contribution is -0.133. The van der Waals surface area contributed by atoms with Gasteiger partial charge in [-0.25, -0.2) is 0 Å². The molecule has 0 aliphatic heterocycles. The zero-order valence-corrected chi connectivity index (χ0v) is 9.98. The predicted molar refractivity (Wildman–Crippen MR) is 62.5 cm³/mol. The van der Waals surface area contributed by atoms with Gasteiger partial charge in [-0.05, 0) is 19.3 Å². The third kappa shape index (κ3) is 3.82. The zero-order valence-electron chi connectivity index (χ0n) is 9.98. The molecule has 0 aromatic rings. The van der Waals surface area contributed by atoms with Crippen molar-refractivity contribution in [2.24, 2.45) is 5.73 Å². The molecule has 0 unspecified atom stereocenters. The van der Waals surface area contributed by atoms with Crippen LogP contribution in [0.25, 0.3) is 0 Å². The molecule has 0 aromatic heterocycles. The van der Waals surface area contributed by atoms with Crippen LogP contribution >= 0.6 is 0 Å². The van der Waals surface area contributed by atoms with Crippen molar-refractivity contribution in [3.05, 3.63) is 0 Å². The predicted octanol–water partition coefficient (Wildman–Crippen LogP) is 1.41. The number of rotatable bonds is 7. The SMILES string of the molecule is CCCC[C@H](N)C(=O)N(CCC#N)C1CC1. The topological polar surface area (TPSA) is 70.1 Å². The molecule has 0 bridgehead atoms. The number of amides is 1. The smallest absolute Gasteiger partial charge is 0.239 e. The van der Waals surface area contributed by atoms with E-state index in [9.17, 15) is 4.79 Å². The molecule has 4 heteroatoms. The summed E-state index contributed by atoms with van der Waals surface area (Å²) in [6.45, 7) is 2.63. The van der Waals surface area contributed by atoms with Crippen LogP contribution in [0.4, 0.5) is 0 Å². The van der Waals surface area contributed by atoms with E-state index in [1.165, 1.54) is 0 Å². The van der Waals surface area contributed by atoms with E-state index in [2.05, 4.69) is 13.0 Å². The van der Waals surface area contributed by atoms with E-state index in [0.29, 0.717) is 19.0 Å². The number of nitrogens with two attached hydrogens (primary N) is 1. The summed E-state index contributed by atoms with van der Waals surface area (Å²) < 4.78 is 0. The molecule has 4 nitrogen and oxygen atoms in total. The van der Waals surface area contributed by atoms with Crippen LogP contribution < -0.4 is 5.73 Å². The highest BCUT2D eigenvalue weighted by Gasteiger charge is 2.34. The molecule has 2 N–H and O–H groups in total. The van der Waals surface area contributed by atoms with E-state index in [0.717, 1.165) is 32.1 Å². The van der Waals surface area contributed by atoms with Gasteiger partial charge in [-0.1, -0.05) is 19.8 Å². The van der Waals surface area contributed by atoms with Crippen LogP contribution in [-0.2, 0) is 4.79 Å². The van der Waals surface area contributed by atoms with Gasteiger partial charge in [-0.3, -0.25) is 4.79 Å². The van der Waals surface area contributed by atoms with E-state index < -0.39 is 0 Å². The first kappa shape index (κ1) is 13.0. The van der Waals surface area contributed by atoms with Crippen molar-refractivity contribution < 1.29 is 4.79 Å². The summed E-state index contributed by atoms with van der Waals surface area (Å²) in [4.78, 5) is 13.8. The number of carbonyl (C=O) groups excluding carboxylic acids is 1. The molecule has 1 saturated carbocycles. The molecule has 0 heterocycles. The fourth-order valence-electron chi connectivity index (χ4n) is 1.79. The molecule has 1 amide bonds. The van der Waals surface area contributed by atoms with Crippen LogP contribution in [0.2, 0.25) is 0 Å². The third-order valence-corrected chi connectivity index (χ3v) is 2.92. The Labute approximate surface area is 97.4 Å². The molecule has 1 rings (SSSR count). The van der Waals surface area contributed by atoms with Gasteiger partial charge in [0.25, 0.3) is 0 Å². The average Bonchev–Trinajstić information content (AvgIpc) is 3.10. The second kappa shape index (κ2) is 6.49. The Morgan fingerprint density at radius 3 is 2.81 bits per heavy atom. The third-order valence-electron chi connectivity index (χ3n) is 2.92. The molecule has 16 heavy (non-hydrogen) atoms. The fraction of sp³-hybridized carbons (Fsp3) is 0.833. The first-order valence-corrected chi connectivity index (χ1v) is 6.13. The van der Waals surface area contributed by atoms with Crippen molar-refractivity contribution in [3.8, 4) is 6.07 Å². The highest BCUT2D eigenvalue weighted by Crippen LogP contribution is 2.27. The van der Waals surface area contributed by atoms with Gasteiger partial charge in [-0.15, -0.1) is 0 Å². The van der Waals surface area contributed by atoms with E-state index in [-0.39, 0.29) is 11.9 Å². The van der Waals surface area contributed by atoms with E-state index in [1.54, 1.807) is 0 Å². The maximum absolute atomic E-state index is 12.0. The van der Waals surface area contributed by atoms with Crippen molar-refractivity contribution in [2.45, 2.75) is 57.5 Å². The van der Waals surface area contributed by atoms with Crippen LogP contribution in [0.5, 0.6) is 0 Å². The Morgan fingerprint density at radius 2 is 2.31 bits per heavy atom. The number of hydrogen-bond acceptors (Lipinski definition) is 3. The average molecular weight is 223 g/mol. The number of nitrogens with zero attached hydrogens (tertiary/aromatic N) is 2. The Bertz CT molecular complexity index is 268. The van der Waals surface area contributed by atoms with Gasteiger partial charge in [0.05, 0.1) is 18.5 Å². The Morgan fingerprint density at radius 1 is 1.62 bits per heavy atom. The van der Waals surface area contributed by atoms with Crippen LogP contribution in [-0.4, -0.2) is 29.4 Å². The molecule has 1 aliphatic rings. The Hall–Kier alpha value is -1.08. The van der Waals surface area contributed by atoms with Gasteiger partial charge in [-0.2, -0.15) is 5.26 Å². The Kier molecular flexibility index (Phi) is 5.27. The lowest BCUT2D eigenvalue weighted by atomic mass is 10.1. The highest BCUT2D eigenvalue weighted by molar-refractivity contribution is 5.82. The maximum atomic E-state index is 12.0. The molecule has 0 aromatic carbocycles. The molecular weight excluding hydrogens is 202 g/mol. The highest BCUT2D eigenvalue weighted by atomic mass is 16.2. The second-order valence-electron chi connectivity index (χ2n) is 4.42. The van der Waals surface area contributed by atoms with Gasteiger partial charge < -0.3 is 10.6 Å². The maximum Gasteiger partial charge on any atom is 0.239 e. The molecule has 0 radical (unpaired) electrons. The first-order valence-electron chi connectivity index (χ1n) is 6.13. The van der Waals surface area contributed by atoms with Gasteiger partial charge in [0.15, 0.2) is 0 Å². The lowest BCUT2D eigenvalue weighted by Gasteiger charge is -2.24. The quantitative estimate of drug-likeness (QED) is 0.709. The van der Waals surface area contributed by atoms with Crippen LogP contribution in [0.3, 0.4) is 0 Å². The van der Waals surface area contributed by atoms with E-state index in [1.807, 2.05) is 4.90 Å². The monoisotopic (exact) mass is 223 g/mol. The fourth-order valence-corrected chi connectivity index (χ4v) is 1.79. The van der Waals surface area contributed by atoms with Gasteiger partial charge in [0.2, 0.25) is 5.91 Å². The molecule has 0 saturated heterocycles. The number of carbonyl (C=O) groups is 1. The summed E-state index contributed by atoms with van der Waals surface area (Å²) in [6.07, 6.45) is 5.34. The summed E-state index contributed by atoms with van der Waals surface area (Å²) in [5.41, 5.74) is 5.87. The minimum atomic E-state index is -0.376. The summed E-state index contributed by atoms with van der Waals surface area (Å²) in [7, 11) is 0. The van der Waals surface area contributed by atoms with Crippen molar-refractivity contribution in [2.75, 3.05) is 6.54 Å². The van der Waals surface area contributed by atoms with Gasteiger partial charge >= 0.3 is 0 Å². The summed E-state index contributed by atoms with van der Waals surface area (Å²) in [6, 6.07) is 2.06. The minimum Gasteiger partial charge on any atom is -0.337 e. The number of hydrogen-bond donors (Lipinski definition) is 1. The standard InChI is InChI=1S/C12H21N3O/c1-2-3-5-11(14)12(16)15(9-4-8-13)10-6-7-10/h10-11H,2-7,9,14H2,1H3/t11-/m0/s1. The number of unbranched alkanes of at least 4 members (excludes halogenated alkanes) is 1. The Balaban J connectivity index is 2.43. The summed E-state index contributed by atoms with van der Waals surface area (Å²) >= 11 is 0. The minimum absolute atomic E-state index is 0.0335. The van der Waals surface area contributed by atoms with E-state index in [4.69, 9.17) is 11.0 Å². The molecule has 1 atom stereocenters. The lowest BCUT2D eigenvalue weighted by Crippen LogP contribution is -2.45.